The molecule has 3 nitrogen and oxygen atoms in total. The van der Waals surface area contributed by atoms with E-state index in [0.29, 0.717) is 20.8 Å². The fraction of sp³-hybridized carbons (Fsp3) is 0.200. The number of rotatable bonds is 5. The minimum Gasteiger partial charge on any atom is -0.489 e. The van der Waals surface area contributed by atoms with E-state index in [4.69, 9.17) is 45.4 Å². The first-order valence-electron chi connectivity index (χ1n) is 6.34. The molecule has 2 aromatic rings. The Kier molecular flexibility index (Phi) is 5.73. The normalized spacial score (nSPS) is 13.8. The second-order valence-electron chi connectivity index (χ2n) is 4.60. The number of nitrogens with one attached hydrogen (secondary N) is 1. The van der Waals surface area contributed by atoms with Gasteiger partial charge in [-0.3, -0.25) is 5.84 Å². The van der Waals surface area contributed by atoms with Gasteiger partial charge in [-0.05, 0) is 42.8 Å². The first kappa shape index (κ1) is 16.4. The molecule has 0 aliphatic rings. The molecule has 3 N–H and O–H groups in total. The Morgan fingerprint density at radius 1 is 1.05 bits per heavy atom. The molecule has 2 unspecified atom stereocenters. The predicted molar refractivity (Wildman–Crippen MR) is 88.1 cm³/mol. The van der Waals surface area contributed by atoms with E-state index in [-0.39, 0.29) is 12.1 Å². The van der Waals surface area contributed by atoms with Gasteiger partial charge in [0.15, 0.2) is 0 Å². The van der Waals surface area contributed by atoms with E-state index in [9.17, 15) is 0 Å². The number of hydrazine groups is 1. The number of benzene rings is 2. The van der Waals surface area contributed by atoms with Crippen LogP contribution in [0.3, 0.4) is 0 Å². The van der Waals surface area contributed by atoms with Gasteiger partial charge < -0.3 is 4.74 Å². The minimum absolute atomic E-state index is 0.231. The Balaban J connectivity index is 2.18. The molecule has 0 aliphatic heterocycles. The van der Waals surface area contributed by atoms with Crippen molar-refractivity contribution in [3.63, 3.8) is 0 Å². The van der Waals surface area contributed by atoms with Crippen molar-refractivity contribution in [2.24, 2.45) is 5.84 Å². The van der Waals surface area contributed by atoms with Crippen molar-refractivity contribution in [3.8, 4) is 5.75 Å². The Morgan fingerprint density at radius 2 is 1.81 bits per heavy atom. The maximum atomic E-state index is 6.04. The summed E-state index contributed by atoms with van der Waals surface area (Å²) in [6.45, 7) is 1.91. The average Bonchev–Trinajstić information content (AvgIpc) is 2.43. The summed E-state index contributed by atoms with van der Waals surface area (Å²) in [4.78, 5) is 0. The smallest absolute Gasteiger partial charge is 0.121 e. The maximum absolute atomic E-state index is 6.04. The lowest BCUT2D eigenvalue weighted by Crippen LogP contribution is -2.38. The average molecular weight is 346 g/mol. The molecule has 0 spiro atoms. The molecule has 0 radical (unpaired) electrons. The van der Waals surface area contributed by atoms with E-state index in [1.807, 2.05) is 25.1 Å². The number of ether oxygens (including phenoxy) is 1. The highest BCUT2D eigenvalue weighted by molar-refractivity contribution is 6.42. The largest absolute Gasteiger partial charge is 0.489 e. The van der Waals surface area contributed by atoms with E-state index in [1.54, 1.807) is 24.3 Å². The Hall–Kier alpha value is -0.970. The predicted octanol–water partition coefficient (Wildman–Crippen LogP) is 4.62. The van der Waals surface area contributed by atoms with Gasteiger partial charge in [0.2, 0.25) is 0 Å². The lowest BCUT2D eigenvalue weighted by atomic mass is 10.0. The molecule has 0 aliphatic carbocycles. The van der Waals surface area contributed by atoms with Gasteiger partial charge in [0.1, 0.15) is 11.9 Å². The Bertz CT molecular complexity index is 622. The van der Waals surface area contributed by atoms with Gasteiger partial charge in [0.05, 0.1) is 16.1 Å². The zero-order valence-electron chi connectivity index (χ0n) is 11.3. The van der Waals surface area contributed by atoms with Crippen LogP contribution in [0.4, 0.5) is 0 Å². The topological polar surface area (TPSA) is 47.3 Å². The lowest BCUT2D eigenvalue weighted by molar-refractivity contribution is 0.171. The van der Waals surface area contributed by atoms with E-state index in [2.05, 4.69) is 5.43 Å². The van der Waals surface area contributed by atoms with E-state index in [0.717, 1.165) is 5.56 Å². The van der Waals surface area contributed by atoms with Crippen molar-refractivity contribution in [2.75, 3.05) is 0 Å². The van der Waals surface area contributed by atoms with Crippen molar-refractivity contribution >= 4 is 34.8 Å². The van der Waals surface area contributed by atoms with Crippen molar-refractivity contribution < 1.29 is 4.74 Å². The Morgan fingerprint density at radius 3 is 2.43 bits per heavy atom. The molecule has 0 aromatic heterocycles. The molecule has 112 valence electrons. The molecule has 2 atom stereocenters. The number of halogens is 3. The molecule has 0 saturated carbocycles. The summed E-state index contributed by atoms with van der Waals surface area (Å²) in [5.41, 5.74) is 3.63. The summed E-state index contributed by atoms with van der Waals surface area (Å²) in [5.74, 6) is 6.32. The van der Waals surface area contributed by atoms with Gasteiger partial charge in [0, 0.05) is 5.02 Å². The van der Waals surface area contributed by atoms with Crippen molar-refractivity contribution in [3.05, 3.63) is 63.1 Å². The van der Waals surface area contributed by atoms with Crippen LogP contribution in [-0.2, 0) is 0 Å². The lowest BCUT2D eigenvalue weighted by Gasteiger charge is -2.25. The SMILES string of the molecule is CC(Oc1cccc(Cl)c1)C(NN)c1ccc(Cl)c(Cl)c1. The number of hydrogen-bond acceptors (Lipinski definition) is 3. The highest BCUT2D eigenvalue weighted by atomic mass is 35.5. The molecule has 0 saturated heterocycles. The van der Waals surface area contributed by atoms with Gasteiger partial charge >= 0.3 is 0 Å². The molecule has 0 amide bonds. The summed E-state index contributed by atoms with van der Waals surface area (Å²) < 4.78 is 5.87. The molecular weight excluding hydrogens is 331 g/mol. The van der Waals surface area contributed by atoms with Gasteiger partial charge in [-0.15, -0.1) is 0 Å². The van der Waals surface area contributed by atoms with Crippen molar-refractivity contribution in [1.82, 2.24) is 5.43 Å². The molecular formula is C15H15Cl3N2O. The van der Waals surface area contributed by atoms with Crippen LogP contribution in [0.1, 0.15) is 18.5 Å². The van der Waals surface area contributed by atoms with Crippen LogP contribution in [0, 0.1) is 0 Å². The third kappa shape index (κ3) is 4.25. The van der Waals surface area contributed by atoms with E-state index >= 15 is 0 Å². The first-order chi connectivity index (χ1) is 10.0. The monoisotopic (exact) mass is 344 g/mol. The second kappa shape index (κ2) is 7.34. The molecule has 21 heavy (non-hydrogen) atoms. The zero-order chi connectivity index (χ0) is 15.4. The summed E-state index contributed by atoms with van der Waals surface area (Å²) >= 11 is 17.9. The van der Waals surface area contributed by atoms with Gasteiger partial charge in [-0.25, -0.2) is 5.43 Å². The molecule has 6 heteroatoms. The highest BCUT2D eigenvalue weighted by Gasteiger charge is 2.20. The second-order valence-corrected chi connectivity index (χ2v) is 5.85. The van der Waals surface area contributed by atoms with Crippen LogP contribution in [0.2, 0.25) is 15.1 Å². The van der Waals surface area contributed by atoms with Gasteiger partial charge in [-0.1, -0.05) is 46.9 Å². The van der Waals surface area contributed by atoms with E-state index in [1.165, 1.54) is 0 Å². The third-order valence-electron chi connectivity index (χ3n) is 3.07. The summed E-state index contributed by atoms with van der Waals surface area (Å²) in [6, 6.07) is 12.3. The minimum atomic E-state index is -0.237. The molecule has 0 bridgehead atoms. The van der Waals surface area contributed by atoms with Crippen molar-refractivity contribution in [2.45, 2.75) is 19.1 Å². The molecule has 0 fully saturated rings. The molecule has 2 rings (SSSR count). The summed E-state index contributed by atoms with van der Waals surface area (Å²) in [7, 11) is 0. The van der Waals surface area contributed by atoms with Crippen LogP contribution in [0.15, 0.2) is 42.5 Å². The summed E-state index contributed by atoms with van der Waals surface area (Å²) in [5, 5.41) is 1.59. The van der Waals surface area contributed by atoms with Crippen molar-refractivity contribution in [1.29, 1.82) is 0 Å². The quantitative estimate of drug-likeness (QED) is 0.614. The van der Waals surface area contributed by atoms with Gasteiger partial charge in [-0.2, -0.15) is 0 Å². The van der Waals surface area contributed by atoms with Crippen LogP contribution >= 0.6 is 34.8 Å². The maximum Gasteiger partial charge on any atom is 0.121 e. The Labute approximate surface area is 138 Å². The van der Waals surface area contributed by atoms with Crippen LogP contribution in [0.25, 0.3) is 0 Å². The fourth-order valence-electron chi connectivity index (χ4n) is 2.03. The zero-order valence-corrected chi connectivity index (χ0v) is 13.6. The van der Waals surface area contributed by atoms with Crippen LogP contribution in [-0.4, -0.2) is 6.10 Å². The first-order valence-corrected chi connectivity index (χ1v) is 7.48. The highest BCUT2D eigenvalue weighted by Crippen LogP contribution is 2.28. The molecule has 2 aromatic carbocycles. The third-order valence-corrected chi connectivity index (χ3v) is 4.04. The standard InChI is InChI=1S/C15H15Cl3N2O/c1-9(21-12-4-2-3-11(16)8-12)15(20-19)10-5-6-13(17)14(18)7-10/h2-9,15,20H,19H2,1H3. The van der Waals surface area contributed by atoms with E-state index < -0.39 is 0 Å². The van der Waals surface area contributed by atoms with Gasteiger partial charge in [0.25, 0.3) is 0 Å². The number of hydrogen-bond donors (Lipinski definition) is 2. The van der Waals surface area contributed by atoms with Crippen LogP contribution in [0.5, 0.6) is 5.75 Å². The van der Waals surface area contributed by atoms with Crippen LogP contribution < -0.4 is 16.0 Å². The fourth-order valence-corrected chi connectivity index (χ4v) is 2.52. The number of nitrogens with two attached hydrogens (primary N) is 1. The summed E-state index contributed by atoms with van der Waals surface area (Å²) in [6.07, 6.45) is -0.231. The molecule has 0 heterocycles.